The highest BCUT2D eigenvalue weighted by Crippen LogP contribution is 2.41. The average Bonchev–Trinajstić information content (AvgIpc) is 2.52. The van der Waals surface area contributed by atoms with Gasteiger partial charge >= 0.3 is 5.97 Å². The van der Waals surface area contributed by atoms with Crippen LogP contribution in [0.3, 0.4) is 0 Å². The molecule has 25 heavy (non-hydrogen) atoms. The summed E-state index contributed by atoms with van der Waals surface area (Å²) in [4.78, 5) is 12.2. The molecule has 1 unspecified atom stereocenters. The Morgan fingerprint density at radius 1 is 1.12 bits per heavy atom. The van der Waals surface area contributed by atoms with Crippen molar-refractivity contribution in [2.75, 3.05) is 13.7 Å². The van der Waals surface area contributed by atoms with Gasteiger partial charge in [-0.25, -0.2) is 0 Å². The fourth-order valence-corrected chi connectivity index (χ4v) is 3.91. The van der Waals surface area contributed by atoms with Gasteiger partial charge < -0.3 is 13.9 Å². The molecular weight excluding hydrogens is 332 g/mol. The zero-order chi connectivity index (χ0) is 19.1. The van der Waals surface area contributed by atoms with Crippen molar-refractivity contribution in [3.63, 3.8) is 0 Å². The molecule has 0 saturated heterocycles. The van der Waals surface area contributed by atoms with Crippen molar-refractivity contribution in [2.45, 2.75) is 70.9 Å². The van der Waals surface area contributed by atoms with Crippen molar-refractivity contribution in [2.24, 2.45) is 0 Å². The zero-order valence-electron chi connectivity index (χ0n) is 16.8. The summed E-state index contributed by atoms with van der Waals surface area (Å²) in [6.07, 6.45) is 1.50. The number of hydrogen-bond acceptors (Lipinski definition) is 4. The summed E-state index contributed by atoms with van der Waals surface area (Å²) in [6, 6.07) is 10.2. The van der Waals surface area contributed by atoms with Crippen LogP contribution in [0.2, 0.25) is 18.1 Å². The predicted molar refractivity (Wildman–Crippen MR) is 104 cm³/mol. The number of methoxy groups -OCH3 is 1. The molecule has 5 heteroatoms. The Kier molecular flexibility index (Phi) is 7.84. The first-order chi connectivity index (χ1) is 11.6. The fourth-order valence-electron chi connectivity index (χ4n) is 2.42. The maximum atomic E-state index is 12.2. The Balaban J connectivity index is 3.03. The Hall–Kier alpha value is -1.17. The summed E-state index contributed by atoms with van der Waals surface area (Å²) < 4.78 is 17.6. The standard InChI is InChI=1S/C20H34O4Si/c1-8-23-18(21)16-20(22-5,24-25(6,7)19(2,3)4)15-14-17-12-10-9-11-13-17/h9-13H,8,14-16H2,1-7H3. The number of aryl methyl sites for hydroxylation is 1. The summed E-state index contributed by atoms with van der Waals surface area (Å²) in [5.41, 5.74) is 1.20. The van der Waals surface area contributed by atoms with Gasteiger partial charge in [0, 0.05) is 13.5 Å². The number of hydrogen-bond donors (Lipinski definition) is 0. The number of benzene rings is 1. The number of ether oxygens (including phenoxy) is 2. The van der Waals surface area contributed by atoms with E-state index in [1.807, 2.05) is 25.1 Å². The summed E-state index contributed by atoms with van der Waals surface area (Å²) in [5.74, 6) is -1.23. The molecule has 0 bridgehead atoms. The Labute approximate surface area is 154 Å². The van der Waals surface area contributed by atoms with Crippen LogP contribution < -0.4 is 0 Å². The second kappa shape index (κ2) is 8.97. The molecule has 0 aliphatic rings. The van der Waals surface area contributed by atoms with Gasteiger partial charge in [-0.3, -0.25) is 4.79 Å². The van der Waals surface area contributed by atoms with Gasteiger partial charge in [0.05, 0.1) is 13.0 Å². The van der Waals surface area contributed by atoms with E-state index in [1.165, 1.54) is 5.56 Å². The molecule has 142 valence electrons. The molecule has 0 aromatic heterocycles. The van der Waals surface area contributed by atoms with Crippen LogP contribution in [-0.2, 0) is 25.1 Å². The molecule has 0 saturated carbocycles. The van der Waals surface area contributed by atoms with Crippen LogP contribution in [0.4, 0.5) is 0 Å². The van der Waals surface area contributed by atoms with Crippen molar-refractivity contribution in [1.29, 1.82) is 0 Å². The van der Waals surface area contributed by atoms with Gasteiger partial charge in [-0.1, -0.05) is 51.1 Å². The van der Waals surface area contributed by atoms with Gasteiger partial charge in [-0.15, -0.1) is 0 Å². The Bertz CT molecular complexity index is 536. The number of carbonyl (C=O) groups excluding carboxylic acids is 1. The number of esters is 1. The molecule has 0 spiro atoms. The van der Waals surface area contributed by atoms with Crippen LogP contribution in [0, 0.1) is 0 Å². The minimum Gasteiger partial charge on any atom is -0.466 e. The van der Waals surface area contributed by atoms with E-state index < -0.39 is 14.1 Å². The summed E-state index contributed by atoms with van der Waals surface area (Å²) in [7, 11) is -0.500. The number of rotatable bonds is 9. The van der Waals surface area contributed by atoms with Crippen LogP contribution >= 0.6 is 0 Å². The smallest absolute Gasteiger partial charge is 0.311 e. The second-order valence-electron chi connectivity index (χ2n) is 7.94. The first-order valence-electron chi connectivity index (χ1n) is 9.00. The van der Waals surface area contributed by atoms with Crippen molar-refractivity contribution in [3.05, 3.63) is 35.9 Å². The van der Waals surface area contributed by atoms with Crippen LogP contribution in [0.15, 0.2) is 30.3 Å². The van der Waals surface area contributed by atoms with Gasteiger partial charge in [-0.05, 0) is 37.0 Å². The van der Waals surface area contributed by atoms with E-state index in [2.05, 4.69) is 46.0 Å². The van der Waals surface area contributed by atoms with Crippen molar-refractivity contribution in [3.8, 4) is 0 Å². The van der Waals surface area contributed by atoms with Crippen LogP contribution in [-0.4, -0.2) is 33.8 Å². The first-order valence-corrected chi connectivity index (χ1v) is 11.9. The van der Waals surface area contributed by atoms with E-state index in [9.17, 15) is 4.79 Å². The normalized spacial score (nSPS) is 14.8. The van der Waals surface area contributed by atoms with Gasteiger partial charge in [0.15, 0.2) is 14.1 Å². The molecule has 1 aromatic carbocycles. The van der Waals surface area contributed by atoms with Gasteiger partial charge in [-0.2, -0.15) is 0 Å². The van der Waals surface area contributed by atoms with E-state index in [-0.39, 0.29) is 17.4 Å². The molecular formula is C20H34O4Si. The molecule has 0 aliphatic carbocycles. The molecule has 0 N–H and O–H groups in total. The topological polar surface area (TPSA) is 44.8 Å². The molecule has 4 nitrogen and oxygen atoms in total. The lowest BCUT2D eigenvalue weighted by Gasteiger charge is -2.44. The first kappa shape index (κ1) is 21.9. The number of carbonyl (C=O) groups is 1. The average molecular weight is 367 g/mol. The van der Waals surface area contributed by atoms with Crippen LogP contribution in [0.5, 0.6) is 0 Å². The lowest BCUT2D eigenvalue weighted by atomic mass is 10.0. The van der Waals surface area contributed by atoms with E-state index in [0.717, 1.165) is 6.42 Å². The van der Waals surface area contributed by atoms with Gasteiger partial charge in [0.1, 0.15) is 0 Å². The third-order valence-electron chi connectivity index (χ3n) is 4.98. The Morgan fingerprint density at radius 3 is 2.20 bits per heavy atom. The maximum absolute atomic E-state index is 12.2. The molecule has 0 amide bonds. The molecule has 0 aliphatic heterocycles. The van der Waals surface area contributed by atoms with E-state index >= 15 is 0 Å². The third-order valence-corrected chi connectivity index (χ3v) is 9.47. The van der Waals surface area contributed by atoms with Crippen molar-refractivity contribution < 1.29 is 18.7 Å². The van der Waals surface area contributed by atoms with E-state index in [4.69, 9.17) is 13.9 Å². The van der Waals surface area contributed by atoms with Gasteiger partial charge in [0.25, 0.3) is 0 Å². The maximum Gasteiger partial charge on any atom is 0.311 e. The molecule has 1 rings (SSSR count). The predicted octanol–water partition coefficient (Wildman–Crippen LogP) is 4.94. The quantitative estimate of drug-likeness (QED) is 0.353. The van der Waals surface area contributed by atoms with Gasteiger partial charge in [0.2, 0.25) is 0 Å². The highest BCUT2D eigenvalue weighted by molar-refractivity contribution is 6.74. The molecule has 1 atom stereocenters. The highest BCUT2D eigenvalue weighted by Gasteiger charge is 2.46. The molecule has 0 heterocycles. The van der Waals surface area contributed by atoms with Crippen LogP contribution in [0.1, 0.15) is 46.1 Å². The lowest BCUT2D eigenvalue weighted by molar-refractivity contribution is -0.194. The highest BCUT2D eigenvalue weighted by atomic mass is 28.4. The molecule has 0 fully saturated rings. The third kappa shape index (κ3) is 6.57. The molecule has 0 radical (unpaired) electrons. The molecule has 1 aromatic rings. The van der Waals surface area contributed by atoms with Crippen LogP contribution in [0.25, 0.3) is 0 Å². The van der Waals surface area contributed by atoms with E-state index in [0.29, 0.717) is 13.0 Å². The summed E-state index contributed by atoms with van der Waals surface area (Å²) >= 11 is 0. The second-order valence-corrected chi connectivity index (χ2v) is 12.7. The fraction of sp³-hybridized carbons (Fsp3) is 0.650. The SMILES string of the molecule is CCOC(=O)CC(CCc1ccccc1)(OC)O[Si](C)(C)C(C)(C)C. The largest absolute Gasteiger partial charge is 0.466 e. The Morgan fingerprint density at radius 2 is 1.72 bits per heavy atom. The minimum absolute atomic E-state index is 0.0260. The van der Waals surface area contributed by atoms with Crippen molar-refractivity contribution in [1.82, 2.24) is 0 Å². The monoisotopic (exact) mass is 366 g/mol. The minimum atomic E-state index is -2.12. The zero-order valence-corrected chi connectivity index (χ0v) is 17.8. The van der Waals surface area contributed by atoms with E-state index in [1.54, 1.807) is 7.11 Å². The summed E-state index contributed by atoms with van der Waals surface area (Å²) in [5, 5.41) is 0.0260. The lowest BCUT2D eigenvalue weighted by Crippen LogP contribution is -2.52. The summed E-state index contributed by atoms with van der Waals surface area (Å²) in [6.45, 7) is 13.1. The van der Waals surface area contributed by atoms with Crippen molar-refractivity contribution >= 4 is 14.3 Å².